The fraction of sp³-hybridized carbons (Fsp3) is 0.0909. The molecule has 0 unspecified atom stereocenters. The minimum absolute atomic E-state index is 0.0859. The molecule has 1 heterocycles. The molecule has 0 fully saturated rings. The van der Waals surface area contributed by atoms with E-state index in [9.17, 15) is 18.3 Å². The van der Waals surface area contributed by atoms with E-state index in [-0.39, 0.29) is 16.5 Å². The Balaban J connectivity index is 1.94. The van der Waals surface area contributed by atoms with Gasteiger partial charge in [0.1, 0.15) is 5.52 Å². The van der Waals surface area contributed by atoms with Gasteiger partial charge in [-0.05, 0) is 61.4 Å². The van der Waals surface area contributed by atoms with E-state index in [0.717, 1.165) is 15.9 Å². The highest BCUT2D eigenvalue weighted by atomic mass is 32.2. The lowest BCUT2D eigenvalue weighted by Crippen LogP contribution is -2.27. The monoisotopic (exact) mass is 422 g/mol. The van der Waals surface area contributed by atoms with Gasteiger partial charge in [0.05, 0.1) is 16.1 Å². The van der Waals surface area contributed by atoms with Crippen molar-refractivity contribution in [2.75, 3.05) is 4.31 Å². The Bertz CT molecular complexity index is 1360. The van der Waals surface area contributed by atoms with Crippen LogP contribution in [0.1, 0.15) is 21.5 Å². The molecule has 0 saturated carbocycles. The molecule has 0 saturated heterocycles. The van der Waals surface area contributed by atoms with Crippen LogP contribution < -0.4 is 4.31 Å². The number of carbonyl (C=O) groups is 1. The van der Waals surface area contributed by atoms with E-state index in [0.29, 0.717) is 22.4 Å². The van der Waals surface area contributed by atoms with Gasteiger partial charge in [-0.25, -0.2) is 13.2 Å². The number of anilines is 2. The van der Waals surface area contributed by atoms with Crippen molar-refractivity contribution in [1.82, 2.24) is 4.98 Å². The minimum atomic E-state index is -4.22. The molecule has 30 heavy (non-hydrogen) atoms. The number of aromatic carboxylic acids is 1. The Labute approximate surface area is 173 Å². The number of aryl methyl sites for hydroxylation is 2. The van der Waals surface area contributed by atoms with Gasteiger partial charge in [0, 0.05) is 0 Å². The van der Waals surface area contributed by atoms with Crippen molar-refractivity contribution in [2.45, 2.75) is 18.7 Å². The van der Waals surface area contributed by atoms with Crippen LogP contribution in [0.15, 0.2) is 76.0 Å². The summed E-state index contributed by atoms with van der Waals surface area (Å²) in [5, 5.41) is 9.41. The minimum Gasteiger partial charge on any atom is -0.478 e. The predicted molar refractivity (Wildman–Crippen MR) is 113 cm³/mol. The summed E-state index contributed by atoms with van der Waals surface area (Å²) in [5.74, 6) is -1.20. The SMILES string of the molecule is Cc1ccc2oc(N(c3ccccc3)S(=O)(=O)c3ccc(C)c(C(=O)O)c3)nc2c1. The highest BCUT2D eigenvalue weighted by molar-refractivity contribution is 7.93. The van der Waals surface area contributed by atoms with Crippen LogP contribution in [0, 0.1) is 13.8 Å². The number of rotatable bonds is 5. The predicted octanol–water partition coefficient (Wildman–Crippen LogP) is 4.67. The number of sulfonamides is 1. The van der Waals surface area contributed by atoms with Gasteiger partial charge < -0.3 is 9.52 Å². The highest BCUT2D eigenvalue weighted by Crippen LogP contribution is 2.34. The molecule has 4 rings (SSSR count). The van der Waals surface area contributed by atoms with Crippen molar-refractivity contribution < 1.29 is 22.7 Å². The second-order valence-corrected chi connectivity index (χ2v) is 8.64. The maximum Gasteiger partial charge on any atom is 0.335 e. The fourth-order valence-electron chi connectivity index (χ4n) is 3.12. The Morgan fingerprint density at radius 3 is 2.43 bits per heavy atom. The number of carboxylic acid groups (broad SMARTS) is 1. The Kier molecular flexibility index (Phi) is 4.79. The van der Waals surface area contributed by atoms with Gasteiger partial charge in [-0.2, -0.15) is 9.29 Å². The van der Waals surface area contributed by atoms with Crippen molar-refractivity contribution in [1.29, 1.82) is 0 Å². The second kappa shape index (κ2) is 7.31. The van der Waals surface area contributed by atoms with Gasteiger partial charge in [0.2, 0.25) is 0 Å². The van der Waals surface area contributed by atoms with Crippen LogP contribution in [-0.2, 0) is 10.0 Å². The van der Waals surface area contributed by atoms with Crippen LogP contribution in [0.4, 0.5) is 11.7 Å². The van der Waals surface area contributed by atoms with E-state index in [1.54, 1.807) is 49.4 Å². The quantitative estimate of drug-likeness (QED) is 0.502. The number of oxazole rings is 1. The Morgan fingerprint density at radius 2 is 1.73 bits per heavy atom. The molecule has 0 bridgehead atoms. The molecule has 0 aliphatic carbocycles. The molecule has 0 aliphatic heterocycles. The molecule has 152 valence electrons. The molecular weight excluding hydrogens is 404 g/mol. The summed E-state index contributed by atoms with van der Waals surface area (Å²) in [7, 11) is -4.22. The normalized spacial score (nSPS) is 11.5. The summed E-state index contributed by atoms with van der Waals surface area (Å²) in [5.41, 5.74) is 2.62. The first-order valence-corrected chi connectivity index (χ1v) is 10.5. The molecule has 7 nitrogen and oxygen atoms in total. The van der Waals surface area contributed by atoms with E-state index in [4.69, 9.17) is 4.42 Å². The zero-order chi connectivity index (χ0) is 21.5. The summed E-state index contributed by atoms with van der Waals surface area (Å²) in [4.78, 5) is 15.7. The molecule has 0 atom stereocenters. The zero-order valence-electron chi connectivity index (χ0n) is 16.2. The van der Waals surface area contributed by atoms with Crippen LogP contribution in [0.2, 0.25) is 0 Å². The smallest absolute Gasteiger partial charge is 0.335 e. The molecule has 8 heteroatoms. The molecule has 3 aromatic carbocycles. The molecular formula is C22H18N2O5S. The summed E-state index contributed by atoms with van der Waals surface area (Å²) in [6.07, 6.45) is 0. The number of carboxylic acids is 1. The van der Waals surface area contributed by atoms with Crippen molar-refractivity contribution >= 4 is 38.8 Å². The van der Waals surface area contributed by atoms with Gasteiger partial charge in [-0.1, -0.05) is 30.3 Å². The first-order chi connectivity index (χ1) is 14.3. The lowest BCUT2D eigenvalue weighted by atomic mass is 10.1. The fourth-order valence-corrected chi connectivity index (χ4v) is 4.53. The van der Waals surface area contributed by atoms with E-state index >= 15 is 0 Å². The maximum absolute atomic E-state index is 13.6. The second-order valence-electron chi connectivity index (χ2n) is 6.85. The third-order valence-electron chi connectivity index (χ3n) is 4.67. The Hall–Kier alpha value is -3.65. The van der Waals surface area contributed by atoms with Gasteiger partial charge in [0.15, 0.2) is 5.58 Å². The average molecular weight is 422 g/mol. The largest absolute Gasteiger partial charge is 0.478 e. The van der Waals surface area contributed by atoms with Gasteiger partial charge in [-0.15, -0.1) is 0 Å². The summed E-state index contributed by atoms with van der Waals surface area (Å²) in [6.45, 7) is 3.51. The Morgan fingerprint density at radius 1 is 1.00 bits per heavy atom. The van der Waals surface area contributed by atoms with E-state index in [2.05, 4.69) is 4.98 Å². The number of aromatic nitrogens is 1. The van der Waals surface area contributed by atoms with Gasteiger partial charge >= 0.3 is 12.0 Å². The van der Waals surface area contributed by atoms with Crippen molar-refractivity contribution in [3.05, 3.63) is 83.4 Å². The summed E-state index contributed by atoms with van der Waals surface area (Å²) >= 11 is 0. The van der Waals surface area contributed by atoms with Crippen LogP contribution in [0.5, 0.6) is 0 Å². The standard InChI is InChI=1S/C22H18N2O5S/c1-14-8-11-20-19(12-14)23-22(29-20)24(16-6-4-3-5-7-16)30(27,28)17-10-9-15(2)18(13-17)21(25)26/h3-13H,1-2H3,(H,25,26). The van der Waals surface area contributed by atoms with Crippen LogP contribution in [0.25, 0.3) is 11.1 Å². The molecule has 1 aromatic heterocycles. The molecule has 0 aliphatic rings. The summed E-state index contributed by atoms with van der Waals surface area (Å²) in [6, 6.07) is 17.6. The molecule has 0 amide bonds. The molecule has 0 spiro atoms. The van der Waals surface area contributed by atoms with Gasteiger partial charge in [-0.3, -0.25) is 0 Å². The average Bonchev–Trinajstić information content (AvgIpc) is 3.10. The number of nitrogens with zero attached hydrogens (tertiary/aromatic N) is 2. The maximum atomic E-state index is 13.6. The van der Waals surface area contributed by atoms with Gasteiger partial charge in [0.25, 0.3) is 10.0 Å². The molecule has 0 radical (unpaired) electrons. The molecule has 1 N–H and O–H groups in total. The van der Waals surface area contributed by atoms with Crippen molar-refractivity contribution in [3.8, 4) is 0 Å². The lowest BCUT2D eigenvalue weighted by molar-refractivity contribution is 0.0696. The van der Waals surface area contributed by atoms with Crippen LogP contribution in [0.3, 0.4) is 0 Å². The van der Waals surface area contributed by atoms with E-state index < -0.39 is 16.0 Å². The van der Waals surface area contributed by atoms with Crippen LogP contribution in [-0.4, -0.2) is 24.5 Å². The third kappa shape index (κ3) is 3.42. The lowest BCUT2D eigenvalue weighted by Gasteiger charge is -2.21. The first kappa shape index (κ1) is 19.7. The number of hydrogen-bond acceptors (Lipinski definition) is 5. The zero-order valence-corrected chi connectivity index (χ0v) is 17.1. The highest BCUT2D eigenvalue weighted by Gasteiger charge is 2.31. The summed E-state index contributed by atoms with van der Waals surface area (Å²) < 4.78 is 33.9. The van der Waals surface area contributed by atoms with E-state index in [1.807, 2.05) is 13.0 Å². The third-order valence-corrected chi connectivity index (χ3v) is 6.37. The number of benzene rings is 3. The topological polar surface area (TPSA) is 101 Å². The number of fused-ring (bicyclic) bond motifs is 1. The van der Waals surface area contributed by atoms with E-state index in [1.165, 1.54) is 12.1 Å². The van der Waals surface area contributed by atoms with Crippen molar-refractivity contribution in [3.63, 3.8) is 0 Å². The first-order valence-electron chi connectivity index (χ1n) is 9.09. The number of hydrogen-bond donors (Lipinski definition) is 1. The molecule has 4 aromatic rings. The van der Waals surface area contributed by atoms with Crippen LogP contribution >= 0.6 is 0 Å². The number of para-hydroxylation sites is 1. The van der Waals surface area contributed by atoms with Crippen molar-refractivity contribution in [2.24, 2.45) is 0 Å².